The molecule has 0 spiro atoms. The Morgan fingerprint density at radius 1 is 1.40 bits per heavy atom. The monoisotopic (exact) mass is 210 g/mol. The lowest BCUT2D eigenvalue weighted by Gasteiger charge is -2.37. The van der Waals surface area contributed by atoms with Gasteiger partial charge in [-0.05, 0) is 37.0 Å². The summed E-state index contributed by atoms with van der Waals surface area (Å²) < 4.78 is 6.00. The summed E-state index contributed by atoms with van der Waals surface area (Å²) in [5, 5.41) is 0. The SMILES string of the molecule is C=CCCO[C@@H]1C[C@H](C)CC[C@H]1C(C)C. The molecule has 3 atom stereocenters. The van der Waals surface area contributed by atoms with Crippen LogP contribution in [-0.2, 0) is 4.74 Å². The Hall–Kier alpha value is -0.300. The van der Waals surface area contributed by atoms with Crippen LogP contribution in [0.1, 0.15) is 46.5 Å². The molecular formula is C14H26O. The van der Waals surface area contributed by atoms with Gasteiger partial charge in [0.05, 0.1) is 12.7 Å². The lowest BCUT2D eigenvalue weighted by atomic mass is 9.75. The molecule has 0 radical (unpaired) electrons. The Kier molecular flexibility index (Phi) is 5.38. The van der Waals surface area contributed by atoms with Gasteiger partial charge in [0.1, 0.15) is 0 Å². The number of hydrogen-bond donors (Lipinski definition) is 0. The minimum absolute atomic E-state index is 0.494. The molecule has 1 heteroatoms. The van der Waals surface area contributed by atoms with Crippen LogP contribution in [-0.4, -0.2) is 12.7 Å². The first-order valence-electron chi connectivity index (χ1n) is 6.37. The van der Waals surface area contributed by atoms with Crippen LogP contribution < -0.4 is 0 Å². The first kappa shape index (κ1) is 12.8. The zero-order valence-corrected chi connectivity index (χ0v) is 10.5. The van der Waals surface area contributed by atoms with Crippen molar-refractivity contribution in [1.82, 2.24) is 0 Å². The van der Waals surface area contributed by atoms with Crippen molar-refractivity contribution in [3.63, 3.8) is 0 Å². The molecule has 0 amide bonds. The van der Waals surface area contributed by atoms with Crippen molar-refractivity contribution in [3.05, 3.63) is 12.7 Å². The van der Waals surface area contributed by atoms with Crippen molar-refractivity contribution in [2.75, 3.05) is 6.61 Å². The number of ether oxygens (including phenoxy) is 1. The molecule has 0 bridgehead atoms. The van der Waals surface area contributed by atoms with Gasteiger partial charge >= 0.3 is 0 Å². The Morgan fingerprint density at radius 2 is 2.13 bits per heavy atom. The van der Waals surface area contributed by atoms with Gasteiger partial charge in [-0.15, -0.1) is 6.58 Å². The lowest BCUT2D eigenvalue weighted by Crippen LogP contribution is -2.34. The largest absolute Gasteiger partial charge is 0.378 e. The van der Waals surface area contributed by atoms with Gasteiger partial charge in [0.25, 0.3) is 0 Å². The topological polar surface area (TPSA) is 9.23 Å². The van der Waals surface area contributed by atoms with E-state index in [4.69, 9.17) is 4.74 Å². The van der Waals surface area contributed by atoms with Crippen LogP contribution in [0.2, 0.25) is 0 Å². The minimum atomic E-state index is 0.494. The van der Waals surface area contributed by atoms with Gasteiger partial charge in [0, 0.05) is 0 Å². The van der Waals surface area contributed by atoms with Gasteiger partial charge < -0.3 is 4.74 Å². The zero-order chi connectivity index (χ0) is 11.3. The highest BCUT2D eigenvalue weighted by Gasteiger charge is 2.30. The van der Waals surface area contributed by atoms with Crippen molar-refractivity contribution in [2.24, 2.45) is 17.8 Å². The zero-order valence-electron chi connectivity index (χ0n) is 10.5. The van der Waals surface area contributed by atoms with E-state index in [9.17, 15) is 0 Å². The maximum atomic E-state index is 6.00. The van der Waals surface area contributed by atoms with Gasteiger partial charge in [-0.3, -0.25) is 0 Å². The molecule has 1 fully saturated rings. The average Bonchev–Trinajstić information content (AvgIpc) is 2.18. The normalized spacial score (nSPS) is 31.9. The fourth-order valence-corrected chi connectivity index (χ4v) is 2.61. The molecule has 88 valence electrons. The molecule has 0 N–H and O–H groups in total. The summed E-state index contributed by atoms with van der Waals surface area (Å²) in [6, 6.07) is 0. The molecule has 0 aromatic heterocycles. The van der Waals surface area contributed by atoms with Crippen LogP contribution in [0, 0.1) is 17.8 Å². The Labute approximate surface area is 94.9 Å². The average molecular weight is 210 g/mol. The Morgan fingerprint density at radius 3 is 2.73 bits per heavy atom. The van der Waals surface area contributed by atoms with Gasteiger partial charge in [0.2, 0.25) is 0 Å². The third-order valence-electron chi connectivity index (χ3n) is 3.62. The molecule has 1 rings (SSSR count). The summed E-state index contributed by atoms with van der Waals surface area (Å²) >= 11 is 0. The summed E-state index contributed by atoms with van der Waals surface area (Å²) in [6.45, 7) is 11.6. The predicted molar refractivity (Wildman–Crippen MR) is 65.9 cm³/mol. The molecule has 15 heavy (non-hydrogen) atoms. The van der Waals surface area contributed by atoms with E-state index in [0.29, 0.717) is 6.10 Å². The standard InChI is InChI=1S/C14H26O/c1-5-6-9-15-14-10-12(4)7-8-13(14)11(2)3/h5,11-14H,1,6-10H2,2-4H3/t12-,13+,14-/m1/s1. The molecule has 0 aromatic rings. The lowest BCUT2D eigenvalue weighted by molar-refractivity contribution is -0.0363. The fraction of sp³-hybridized carbons (Fsp3) is 0.857. The van der Waals surface area contributed by atoms with Gasteiger partial charge in [-0.1, -0.05) is 33.3 Å². The third-order valence-corrected chi connectivity index (χ3v) is 3.62. The van der Waals surface area contributed by atoms with Crippen molar-refractivity contribution >= 4 is 0 Å². The minimum Gasteiger partial charge on any atom is -0.378 e. The summed E-state index contributed by atoms with van der Waals surface area (Å²) in [4.78, 5) is 0. The summed E-state index contributed by atoms with van der Waals surface area (Å²) in [5.74, 6) is 2.37. The second-order valence-corrected chi connectivity index (χ2v) is 5.31. The van der Waals surface area contributed by atoms with E-state index < -0.39 is 0 Å². The van der Waals surface area contributed by atoms with Crippen LogP contribution in [0.5, 0.6) is 0 Å². The molecule has 0 aliphatic heterocycles. The van der Waals surface area contributed by atoms with E-state index in [-0.39, 0.29) is 0 Å². The maximum Gasteiger partial charge on any atom is 0.0608 e. The third kappa shape index (κ3) is 3.98. The smallest absolute Gasteiger partial charge is 0.0608 e. The quantitative estimate of drug-likeness (QED) is 0.491. The van der Waals surface area contributed by atoms with Gasteiger partial charge in [-0.2, -0.15) is 0 Å². The van der Waals surface area contributed by atoms with Crippen LogP contribution in [0.25, 0.3) is 0 Å². The van der Waals surface area contributed by atoms with Gasteiger partial charge in [-0.25, -0.2) is 0 Å². The summed E-state index contributed by atoms with van der Waals surface area (Å²) in [7, 11) is 0. The highest BCUT2D eigenvalue weighted by molar-refractivity contribution is 4.81. The molecule has 0 unspecified atom stereocenters. The summed E-state index contributed by atoms with van der Waals surface area (Å²) in [6.07, 6.45) is 7.39. The highest BCUT2D eigenvalue weighted by atomic mass is 16.5. The molecule has 0 heterocycles. The van der Waals surface area contributed by atoms with E-state index in [1.807, 2.05) is 6.08 Å². The first-order valence-corrected chi connectivity index (χ1v) is 6.37. The molecule has 1 nitrogen and oxygen atoms in total. The van der Waals surface area contributed by atoms with Crippen LogP contribution in [0.15, 0.2) is 12.7 Å². The van der Waals surface area contributed by atoms with Crippen molar-refractivity contribution in [2.45, 2.75) is 52.6 Å². The van der Waals surface area contributed by atoms with Gasteiger partial charge in [0.15, 0.2) is 0 Å². The van der Waals surface area contributed by atoms with E-state index >= 15 is 0 Å². The van der Waals surface area contributed by atoms with Crippen LogP contribution >= 0.6 is 0 Å². The van der Waals surface area contributed by atoms with Crippen LogP contribution in [0.3, 0.4) is 0 Å². The molecule has 1 aliphatic carbocycles. The molecule has 0 saturated heterocycles. The Bertz CT molecular complexity index is 186. The second kappa shape index (κ2) is 6.32. The van der Waals surface area contributed by atoms with Crippen LogP contribution in [0.4, 0.5) is 0 Å². The van der Waals surface area contributed by atoms with Crippen molar-refractivity contribution in [1.29, 1.82) is 0 Å². The van der Waals surface area contributed by atoms with E-state index in [2.05, 4.69) is 27.4 Å². The highest BCUT2D eigenvalue weighted by Crippen LogP contribution is 2.35. The first-order chi connectivity index (χ1) is 7.15. The molecule has 1 saturated carbocycles. The number of hydrogen-bond acceptors (Lipinski definition) is 1. The van der Waals surface area contributed by atoms with E-state index in [1.165, 1.54) is 19.3 Å². The fourth-order valence-electron chi connectivity index (χ4n) is 2.61. The van der Waals surface area contributed by atoms with E-state index in [1.54, 1.807) is 0 Å². The summed E-state index contributed by atoms with van der Waals surface area (Å²) in [5.41, 5.74) is 0. The molecule has 1 aliphatic rings. The predicted octanol–water partition coefficient (Wildman–Crippen LogP) is 4.04. The molecular weight excluding hydrogens is 184 g/mol. The van der Waals surface area contributed by atoms with E-state index in [0.717, 1.165) is 30.8 Å². The second-order valence-electron chi connectivity index (χ2n) is 5.31. The number of rotatable bonds is 5. The van der Waals surface area contributed by atoms with Crippen molar-refractivity contribution in [3.8, 4) is 0 Å². The maximum absolute atomic E-state index is 6.00. The van der Waals surface area contributed by atoms with Crippen molar-refractivity contribution < 1.29 is 4.74 Å². The molecule has 0 aromatic carbocycles. The Balaban J connectivity index is 2.42.